The van der Waals surface area contributed by atoms with E-state index in [1.165, 1.54) is 13.3 Å². The molecule has 15 nitrogen and oxygen atoms in total. The van der Waals surface area contributed by atoms with E-state index in [4.69, 9.17) is 29.0 Å². The quantitative estimate of drug-likeness (QED) is 0.162. The molecule has 228 valence electrons. The molecule has 1 aliphatic heterocycles. The molecular formula is C26H35N6O9P. The Morgan fingerprint density at radius 1 is 1.29 bits per heavy atom. The first-order valence-corrected chi connectivity index (χ1v) is 15.1. The minimum Gasteiger partial charge on any atom is -0.476 e. The average Bonchev–Trinajstić information content (AvgIpc) is 3.35. The zero-order chi connectivity index (χ0) is 30.3. The van der Waals surface area contributed by atoms with Crippen LogP contribution in [-0.2, 0) is 23.4 Å². The van der Waals surface area contributed by atoms with E-state index in [1.807, 2.05) is 0 Å². The Hall–Kier alpha value is -3.33. The second kappa shape index (κ2) is 11.4. The van der Waals surface area contributed by atoms with Crippen LogP contribution in [0.25, 0.3) is 11.2 Å². The van der Waals surface area contributed by atoms with Gasteiger partial charge >= 0.3 is 13.7 Å². The third-order valence-electron chi connectivity index (χ3n) is 7.17. The Morgan fingerprint density at radius 3 is 2.69 bits per heavy atom. The zero-order valence-corrected chi connectivity index (χ0v) is 24.6. The summed E-state index contributed by atoms with van der Waals surface area (Å²) >= 11 is 0. The highest BCUT2D eigenvalue weighted by atomic mass is 31.2. The Bertz CT molecular complexity index is 1490. The van der Waals surface area contributed by atoms with E-state index in [2.05, 4.69) is 20.0 Å². The number of fused-ring (bicyclic) bond motifs is 2. The number of nitrogens with two attached hydrogens (primary N) is 1. The van der Waals surface area contributed by atoms with Gasteiger partial charge in [0.2, 0.25) is 11.8 Å². The normalized spacial score (nSPS) is 26.9. The summed E-state index contributed by atoms with van der Waals surface area (Å²) in [5.74, 6) is -0.783. The van der Waals surface area contributed by atoms with E-state index in [0.717, 1.165) is 0 Å². The number of nitrogens with zero attached hydrogens (tertiary/aromatic N) is 4. The van der Waals surface area contributed by atoms with Gasteiger partial charge in [-0.15, -0.1) is 0 Å². The van der Waals surface area contributed by atoms with Gasteiger partial charge in [-0.2, -0.15) is 15.1 Å². The van der Waals surface area contributed by atoms with Gasteiger partial charge in [0, 0.05) is 5.92 Å². The maximum atomic E-state index is 14.0. The number of para-hydroxylation sites is 1. The van der Waals surface area contributed by atoms with Crippen molar-refractivity contribution < 1.29 is 42.8 Å². The van der Waals surface area contributed by atoms with Crippen LogP contribution in [-0.4, -0.2) is 78.9 Å². The Labute approximate surface area is 241 Å². The molecule has 5 N–H and O–H groups in total. The Morgan fingerprint density at radius 2 is 2.02 bits per heavy atom. The second-order valence-electron chi connectivity index (χ2n) is 10.6. The number of rotatable bonds is 13. The molecule has 2 unspecified atom stereocenters. The standard InChI is InChI=1S/C26H35N6O9P/c1-5-37-21-19-20(29-24(27)30-21)32(14-28-19)22-18-11-26(18,35)25(12-33,40-22)13-38-42(36,41-17-9-7-6-8-10-17)31-16(4)23(34)39-15(2)3/h6-10,14-16,18,22,33,35H,5,11-13H2,1-4H3,(H,31,36)(H2,27,29,30)/t16-,18+,22-,25-,26?,42?/m1/s1. The van der Waals surface area contributed by atoms with Crippen molar-refractivity contribution in [3.63, 3.8) is 0 Å². The molecule has 0 amide bonds. The molecule has 0 radical (unpaired) electrons. The minimum atomic E-state index is -4.31. The van der Waals surface area contributed by atoms with Gasteiger partial charge in [-0.1, -0.05) is 18.2 Å². The summed E-state index contributed by atoms with van der Waals surface area (Å²) in [4.78, 5) is 25.2. The Kier molecular flexibility index (Phi) is 8.18. The molecule has 3 heterocycles. The second-order valence-corrected chi connectivity index (χ2v) is 12.2. The van der Waals surface area contributed by atoms with E-state index < -0.39 is 62.4 Å². The number of aromatic nitrogens is 4. The van der Waals surface area contributed by atoms with Crippen LogP contribution in [0.2, 0.25) is 0 Å². The Balaban J connectivity index is 1.41. The van der Waals surface area contributed by atoms with Crippen LogP contribution in [0.5, 0.6) is 11.6 Å². The predicted octanol–water partition coefficient (Wildman–Crippen LogP) is 1.95. The van der Waals surface area contributed by atoms with Gasteiger partial charge in [-0.25, -0.2) is 9.55 Å². The topological polar surface area (TPSA) is 202 Å². The van der Waals surface area contributed by atoms with Gasteiger partial charge < -0.3 is 34.7 Å². The maximum Gasteiger partial charge on any atom is 0.459 e. The monoisotopic (exact) mass is 606 g/mol. The van der Waals surface area contributed by atoms with Gasteiger partial charge in [0.1, 0.15) is 29.2 Å². The summed E-state index contributed by atoms with van der Waals surface area (Å²) in [5, 5.41) is 24.7. The molecule has 0 bridgehead atoms. The number of hydrogen-bond donors (Lipinski definition) is 4. The number of nitrogen functional groups attached to an aromatic ring is 1. The molecule has 3 aromatic rings. The molecule has 1 aliphatic carbocycles. The first kappa shape index (κ1) is 30.1. The number of anilines is 1. The number of benzene rings is 1. The van der Waals surface area contributed by atoms with Crippen LogP contribution in [0.3, 0.4) is 0 Å². The maximum absolute atomic E-state index is 14.0. The third-order valence-corrected chi connectivity index (χ3v) is 8.80. The molecule has 1 aromatic carbocycles. The molecule has 16 heteroatoms. The number of aliphatic hydroxyl groups is 2. The number of esters is 1. The van der Waals surface area contributed by atoms with Crippen molar-refractivity contribution >= 4 is 30.8 Å². The van der Waals surface area contributed by atoms with Crippen molar-refractivity contribution in [2.24, 2.45) is 5.92 Å². The summed E-state index contributed by atoms with van der Waals surface area (Å²) in [6, 6.07) is 7.16. The largest absolute Gasteiger partial charge is 0.476 e. The van der Waals surface area contributed by atoms with E-state index in [9.17, 15) is 19.6 Å². The molecule has 5 rings (SSSR count). The molecule has 2 aromatic heterocycles. The van der Waals surface area contributed by atoms with Crippen LogP contribution in [0.15, 0.2) is 36.7 Å². The van der Waals surface area contributed by atoms with Crippen LogP contribution in [0.4, 0.5) is 5.95 Å². The summed E-state index contributed by atoms with van der Waals surface area (Å²) in [5.41, 5.74) is 3.32. The molecule has 1 saturated heterocycles. The number of nitrogens with one attached hydrogen (secondary N) is 1. The average molecular weight is 607 g/mol. The molecule has 0 spiro atoms. The van der Waals surface area contributed by atoms with Crippen molar-refractivity contribution in [3.8, 4) is 11.6 Å². The minimum absolute atomic E-state index is 0.0382. The van der Waals surface area contributed by atoms with E-state index in [1.54, 1.807) is 55.7 Å². The fourth-order valence-corrected chi connectivity index (χ4v) is 6.57. The molecule has 6 atom stereocenters. The van der Waals surface area contributed by atoms with E-state index in [0.29, 0.717) is 17.8 Å². The highest BCUT2D eigenvalue weighted by Gasteiger charge is 2.76. The molecule has 2 aliphatic rings. The summed E-state index contributed by atoms with van der Waals surface area (Å²) in [6.45, 7) is 5.73. The van der Waals surface area contributed by atoms with E-state index >= 15 is 0 Å². The fraction of sp³-hybridized carbons (Fsp3) is 0.538. The smallest absolute Gasteiger partial charge is 0.459 e. The van der Waals surface area contributed by atoms with Crippen LogP contribution in [0, 0.1) is 5.92 Å². The van der Waals surface area contributed by atoms with Crippen molar-refractivity contribution in [3.05, 3.63) is 36.7 Å². The molecular weight excluding hydrogens is 571 g/mol. The number of hydrogen-bond acceptors (Lipinski definition) is 13. The van der Waals surface area contributed by atoms with Crippen LogP contribution >= 0.6 is 7.75 Å². The van der Waals surface area contributed by atoms with Gasteiger partial charge in [-0.3, -0.25) is 13.9 Å². The molecule has 2 fully saturated rings. The van der Waals surface area contributed by atoms with Gasteiger partial charge in [0.05, 0.1) is 32.3 Å². The number of carbonyl (C=O) groups is 1. The van der Waals surface area contributed by atoms with Crippen LogP contribution < -0.4 is 20.1 Å². The summed E-state index contributed by atoms with van der Waals surface area (Å²) in [6.07, 6.45) is 0.478. The van der Waals surface area contributed by atoms with Gasteiger partial charge in [0.15, 0.2) is 11.2 Å². The predicted molar refractivity (Wildman–Crippen MR) is 148 cm³/mol. The van der Waals surface area contributed by atoms with Crippen molar-refractivity contribution in [1.29, 1.82) is 0 Å². The first-order valence-electron chi connectivity index (χ1n) is 13.6. The highest BCUT2D eigenvalue weighted by molar-refractivity contribution is 7.52. The number of imidazole rings is 1. The third kappa shape index (κ3) is 5.55. The number of aliphatic hydroxyl groups excluding tert-OH is 1. The van der Waals surface area contributed by atoms with Crippen molar-refractivity contribution in [2.45, 2.75) is 63.7 Å². The summed E-state index contributed by atoms with van der Waals surface area (Å²) in [7, 11) is -4.31. The zero-order valence-electron chi connectivity index (χ0n) is 23.7. The lowest BCUT2D eigenvalue weighted by atomic mass is 9.96. The summed E-state index contributed by atoms with van der Waals surface area (Å²) < 4.78 is 44.1. The van der Waals surface area contributed by atoms with Gasteiger partial charge in [-0.05, 0) is 46.2 Å². The van der Waals surface area contributed by atoms with Crippen molar-refractivity contribution in [2.75, 3.05) is 25.6 Å². The lowest BCUT2D eigenvalue weighted by molar-refractivity contribution is -0.175. The number of ether oxygens (including phenoxy) is 3. The SMILES string of the molecule is CCOc1nc(N)nc2c1ncn2[C@@H]1O[C@](CO)(COP(=O)(N[C@H](C)C(=O)OC(C)C)Oc2ccccc2)C2(O)C[C@@H]12. The lowest BCUT2D eigenvalue weighted by Gasteiger charge is -2.35. The molecule has 42 heavy (non-hydrogen) atoms. The van der Waals surface area contributed by atoms with E-state index in [-0.39, 0.29) is 24.0 Å². The van der Waals surface area contributed by atoms with Gasteiger partial charge in [0.25, 0.3) is 0 Å². The lowest BCUT2D eigenvalue weighted by Crippen LogP contribution is -2.51. The fourth-order valence-electron chi connectivity index (χ4n) is 5.04. The molecule has 1 saturated carbocycles. The van der Waals surface area contributed by atoms with Crippen molar-refractivity contribution in [1.82, 2.24) is 24.6 Å². The highest BCUT2D eigenvalue weighted by Crippen LogP contribution is 2.65. The number of carbonyl (C=O) groups excluding carboxylic acids is 1. The first-order chi connectivity index (χ1) is 19.9. The van der Waals surface area contributed by atoms with Crippen LogP contribution in [0.1, 0.15) is 40.3 Å².